The minimum Gasteiger partial charge on any atom is -0.354 e. The number of nitro benzene ring substituents is 1. The first-order valence-electron chi connectivity index (χ1n) is 11.1. The van der Waals surface area contributed by atoms with E-state index in [0.717, 1.165) is 27.8 Å². The molecule has 0 radical (unpaired) electrons. The van der Waals surface area contributed by atoms with E-state index in [9.17, 15) is 28.1 Å². The number of carbonyl (C=O) groups is 2. The minimum absolute atomic E-state index is 0.0113. The molecular weight excluding hydrogens is 472 g/mol. The largest absolute Gasteiger partial charge is 0.354 e. The molecule has 11 heteroatoms. The first kappa shape index (κ1) is 27.8. The molecule has 2 aromatic rings. The maximum Gasteiger partial charge on any atom is 0.271 e. The summed E-state index contributed by atoms with van der Waals surface area (Å²) in [6, 6.07) is 11.6. The SMILES string of the molecule is Cc1ccccc1CN(C(=O)CN(c1cccc([N+](=O)[O-])c1)S(C)(=O)=O)[C@H](C)C(=O)NCC(C)C. The van der Waals surface area contributed by atoms with Gasteiger partial charge in [0.25, 0.3) is 5.69 Å². The molecule has 0 unspecified atom stereocenters. The number of non-ortho nitro benzene ring substituents is 1. The quantitative estimate of drug-likeness (QED) is 0.370. The Morgan fingerprint density at radius 2 is 1.74 bits per heavy atom. The molecule has 2 aromatic carbocycles. The van der Waals surface area contributed by atoms with Gasteiger partial charge in [0.2, 0.25) is 21.8 Å². The van der Waals surface area contributed by atoms with Crippen LogP contribution >= 0.6 is 0 Å². The molecule has 0 aliphatic heterocycles. The minimum atomic E-state index is -3.97. The summed E-state index contributed by atoms with van der Waals surface area (Å²) < 4.78 is 26.0. The molecule has 1 N–H and O–H groups in total. The molecule has 35 heavy (non-hydrogen) atoms. The van der Waals surface area contributed by atoms with E-state index in [4.69, 9.17) is 0 Å². The molecular formula is C24H32N4O6S. The second kappa shape index (κ2) is 11.8. The van der Waals surface area contributed by atoms with Crippen LogP contribution in [0, 0.1) is 23.0 Å². The van der Waals surface area contributed by atoms with Crippen molar-refractivity contribution in [2.75, 3.05) is 23.7 Å². The number of hydrogen-bond acceptors (Lipinski definition) is 6. The molecule has 0 aromatic heterocycles. The zero-order valence-electron chi connectivity index (χ0n) is 20.6. The van der Waals surface area contributed by atoms with Crippen LogP contribution in [0.2, 0.25) is 0 Å². The predicted molar refractivity (Wildman–Crippen MR) is 134 cm³/mol. The van der Waals surface area contributed by atoms with Gasteiger partial charge in [0, 0.05) is 25.2 Å². The lowest BCUT2D eigenvalue weighted by atomic mass is 10.1. The predicted octanol–water partition coefficient (Wildman–Crippen LogP) is 2.86. The number of aryl methyl sites for hydroxylation is 1. The molecule has 0 aliphatic carbocycles. The van der Waals surface area contributed by atoms with Gasteiger partial charge in [-0.05, 0) is 37.0 Å². The number of rotatable bonds is 11. The number of amides is 2. The lowest BCUT2D eigenvalue weighted by Crippen LogP contribution is -2.51. The molecule has 0 saturated heterocycles. The van der Waals surface area contributed by atoms with Gasteiger partial charge >= 0.3 is 0 Å². The van der Waals surface area contributed by atoms with Crippen molar-refractivity contribution in [1.82, 2.24) is 10.2 Å². The molecule has 0 bridgehead atoms. The Morgan fingerprint density at radius 1 is 1.09 bits per heavy atom. The van der Waals surface area contributed by atoms with Gasteiger partial charge in [-0.3, -0.25) is 24.0 Å². The van der Waals surface area contributed by atoms with E-state index in [-0.39, 0.29) is 29.7 Å². The second-order valence-corrected chi connectivity index (χ2v) is 10.7. The first-order valence-corrected chi connectivity index (χ1v) is 13.0. The van der Waals surface area contributed by atoms with Gasteiger partial charge < -0.3 is 10.2 Å². The molecule has 2 rings (SSSR count). The van der Waals surface area contributed by atoms with Gasteiger partial charge in [0.1, 0.15) is 12.6 Å². The summed E-state index contributed by atoms with van der Waals surface area (Å²) in [6.45, 7) is 7.27. The average Bonchev–Trinajstić information content (AvgIpc) is 2.79. The average molecular weight is 505 g/mol. The van der Waals surface area contributed by atoms with Crippen LogP contribution in [0.3, 0.4) is 0 Å². The van der Waals surface area contributed by atoms with E-state index in [1.807, 2.05) is 45.0 Å². The fraction of sp³-hybridized carbons (Fsp3) is 0.417. The van der Waals surface area contributed by atoms with Crippen LogP contribution in [0.15, 0.2) is 48.5 Å². The number of anilines is 1. The second-order valence-electron chi connectivity index (χ2n) is 8.81. The van der Waals surface area contributed by atoms with Gasteiger partial charge in [-0.2, -0.15) is 0 Å². The van der Waals surface area contributed by atoms with Crippen molar-refractivity contribution in [1.29, 1.82) is 0 Å². The monoisotopic (exact) mass is 504 g/mol. The normalized spacial score (nSPS) is 12.2. The first-order chi connectivity index (χ1) is 16.3. The van der Waals surface area contributed by atoms with E-state index in [1.54, 1.807) is 6.92 Å². The third-order valence-corrected chi connectivity index (χ3v) is 6.60. The van der Waals surface area contributed by atoms with Crippen LogP contribution in [0.1, 0.15) is 31.9 Å². The molecule has 0 saturated carbocycles. The van der Waals surface area contributed by atoms with Crippen molar-refractivity contribution in [2.45, 2.75) is 40.3 Å². The van der Waals surface area contributed by atoms with Crippen molar-refractivity contribution in [2.24, 2.45) is 5.92 Å². The third-order valence-electron chi connectivity index (χ3n) is 5.46. The van der Waals surface area contributed by atoms with Crippen LogP contribution in [0.4, 0.5) is 11.4 Å². The van der Waals surface area contributed by atoms with Crippen molar-refractivity contribution in [3.05, 3.63) is 69.8 Å². The Kier molecular flexibility index (Phi) is 9.35. The van der Waals surface area contributed by atoms with E-state index >= 15 is 0 Å². The summed E-state index contributed by atoms with van der Waals surface area (Å²) in [4.78, 5) is 38.2. The summed E-state index contributed by atoms with van der Waals surface area (Å²) in [6.07, 6.45) is 0.920. The number of carbonyl (C=O) groups excluding carboxylic acids is 2. The Bertz CT molecular complexity index is 1180. The Labute approximate surface area is 206 Å². The van der Waals surface area contributed by atoms with E-state index in [1.165, 1.54) is 23.1 Å². The number of sulfonamides is 1. The van der Waals surface area contributed by atoms with Crippen LogP contribution in [0.25, 0.3) is 0 Å². The van der Waals surface area contributed by atoms with Crippen molar-refractivity contribution < 1.29 is 22.9 Å². The number of nitro groups is 1. The van der Waals surface area contributed by atoms with Crippen LogP contribution in [0.5, 0.6) is 0 Å². The lowest BCUT2D eigenvalue weighted by Gasteiger charge is -2.32. The molecule has 0 spiro atoms. The summed E-state index contributed by atoms with van der Waals surface area (Å²) in [7, 11) is -3.97. The van der Waals surface area contributed by atoms with Gasteiger partial charge in [-0.15, -0.1) is 0 Å². The Balaban J connectivity index is 2.42. The molecule has 10 nitrogen and oxygen atoms in total. The highest BCUT2D eigenvalue weighted by atomic mass is 32.2. The maximum absolute atomic E-state index is 13.5. The molecule has 0 fully saturated rings. The zero-order chi connectivity index (χ0) is 26.3. The zero-order valence-corrected chi connectivity index (χ0v) is 21.4. The summed E-state index contributed by atoms with van der Waals surface area (Å²) in [5, 5.41) is 14.0. The van der Waals surface area contributed by atoms with Crippen LogP contribution in [-0.2, 0) is 26.2 Å². The van der Waals surface area contributed by atoms with E-state index < -0.39 is 33.4 Å². The third kappa shape index (κ3) is 7.78. The van der Waals surface area contributed by atoms with Crippen LogP contribution < -0.4 is 9.62 Å². The molecule has 190 valence electrons. The van der Waals surface area contributed by atoms with Gasteiger partial charge in [-0.25, -0.2) is 8.42 Å². The fourth-order valence-corrected chi connectivity index (χ4v) is 4.22. The highest BCUT2D eigenvalue weighted by Crippen LogP contribution is 2.24. The Hall–Kier alpha value is -3.47. The Morgan fingerprint density at radius 3 is 2.31 bits per heavy atom. The number of benzene rings is 2. The molecule has 2 amide bonds. The van der Waals surface area contributed by atoms with E-state index in [2.05, 4.69) is 5.32 Å². The summed E-state index contributed by atoms with van der Waals surface area (Å²) >= 11 is 0. The topological polar surface area (TPSA) is 130 Å². The number of hydrogen-bond donors (Lipinski definition) is 1. The van der Waals surface area contributed by atoms with Crippen molar-refractivity contribution in [3.63, 3.8) is 0 Å². The standard InChI is InChI=1S/C24H32N4O6S/c1-17(2)14-25-24(30)19(4)26(15-20-10-7-6-9-18(20)3)23(29)16-27(35(5,33)34)21-11-8-12-22(13-21)28(31)32/h6-13,17,19H,14-16H2,1-5H3,(H,25,30)/t19-/m1/s1. The maximum atomic E-state index is 13.5. The summed E-state index contributed by atoms with van der Waals surface area (Å²) in [5.41, 5.74) is 1.41. The van der Waals surface area contributed by atoms with Gasteiger partial charge in [0.05, 0.1) is 16.9 Å². The molecule has 1 atom stereocenters. The van der Waals surface area contributed by atoms with Crippen LogP contribution in [-0.4, -0.2) is 55.4 Å². The van der Waals surface area contributed by atoms with Gasteiger partial charge in [0.15, 0.2) is 0 Å². The fourth-order valence-electron chi connectivity index (χ4n) is 3.38. The van der Waals surface area contributed by atoms with Gasteiger partial charge in [-0.1, -0.05) is 44.2 Å². The number of nitrogens with one attached hydrogen (secondary N) is 1. The van der Waals surface area contributed by atoms with Crippen molar-refractivity contribution >= 4 is 33.2 Å². The molecule has 0 aliphatic rings. The lowest BCUT2D eigenvalue weighted by molar-refractivity contribution is -0.384. The molecule has 0 heterocycles. The van der Waals surface area contributed by atoms with E-state index in [0.29, 0.717) is 6.54 Å². The van der Waals surface area contributed by atoms with Crippen molar-refractivity contribution in [3.8, 4) is 0 Å². The summed E-state index contributed by atoms with van der Waals surface area (Å²) in [5.74, 6) is -0.763. The highest BCUT2D eigenvalue weighted by molar-refractivity contribution is 7.92. The number of nitrogens with zero attached hydrogens (tertiary/aromatic N) is 3. The highest BCUT2D eigenvalue weighted by Gasteiger charge is 2.30. The smallest absolute Gasteiger partial charge is 0.271 e.